The molecule has 1 amide bonds. The molecule has 0 unspecified atom stereocenters. The molecule has 1 N–H and O–H groups in total. The lowest BCUT2D eigenvalue weighted by Gasteiger charge is -2.07. The van der Waals surface area contributed by atoms with Gasteiger partial charge in [-0.1, -0.05) is 16.8 Å². The van der Waals surface area contributed by atoms with Gasteiger partial charge in [0.25, 0.3) is 5.91 Å². The standard InChI is InChI=1S/C11H7BrClFN2O2/c1-5-2-9(18-16-5)11(17)15-10-7(12)3-6(14)4-8(10)13/h2-4H,1H3,(H,15,17). The Morgan fingerprint density at radius 1 is 1.50 bits per heavy atom. The highest BCUT2D eigenvalue weighted by atomic mass is 79.9. The number of carbonyl (C=O) groups excluding carboxylic acids is 1. The number of nitrogens with zero attached hydrogens (tertiary/aromatic N) is 1. The minimum atomic E-state index is -0.509. The van der Waals surface area contributed by atoms with Gasteiger partial charge in [-0.05, 0) is 35.0 Å². The first kappa shape index (κ1) is 13.0. The van der Waals surface area contributed by atoms with E-state index < -0.39 is 11.7 Å². The van der Waals surface area contributed by atoms with Crippen molar-refractivity contribution in [1.82, 2.24) is 5.16 Å². The summed E-state index contributed by atoms with van der Waals surface area (Å²) in [6.07, 6.45) is 0. The van der Waals surface area contributed by atoms with Crippen molar-refractivity contribution in [3.8, 4) is 0 Å². The smallest absolute Gasteiger partial charge is 0.294 e. The summed E-state index contributed by atoms with van der Waals surface area (Å²) in [7, 11) is 0. The number of nitrogens with one attached hydrogen (secondary N) is 1. The van der Waals surface area contributed by atoms with E-state index in [9.17, 15) is 9.18 Å². The van der Waals surface area contributed by atoms with Crippen LogP contribution in [-0.2, 0) is 0 Å². The summed E-state index contributed by atoms with van der Waals surface area (Å²) in [5, 5.41) is 6.20. The van der Waals surface area contributed by atoms with Crippen LogP contribution in [0, 0.1) is 12.7 Å². The van der Waals surface area contributed by atoms with Crippen LogP contribution in [0.5, 0.6) is 0 Å². The number of aromatic nitrogens is 1. The van der Waals surface area contributed by atoms with Crippen molar-refractivity contribution >= 4 is 39.1 Å². The van der Waals surface area contributed by atoms with Crippen LogP contribution in [0.1, 0.15) is 16.2 Å². The van der Waals surface area contributed by atoms with Gasteiger partial charge in [-0.25, -0.2) is 4.39 Å². The number of aryl methyl sites for hydroxylation is 1. The summed E-state index contributed by atoms with van der Waals surface area (Å²) >= 11 is 8.96. The van der Waals surface area contributed by atoms with E-state index in [1.54, 1.807) is 6.92 Å². The fourth-order valence-corrected chi connectivity index (χ4v) is 2.21. The van der Waals surface area contributed by atoms with Gasteiger partial charge in [-0.2, -0.15) is 0 Å². The van der Waals surface area contributed by atoms with E-state index in [2.05, 4.69) is 26.4 Å². The molecule has 2 aromatic rings. The molecule has 7 heteroatoms. The topological polar surface area (TPSA) is 55.1 Å². The van der Waals surface area contributed by atoms with Crippen molar-refractivity contribution < 1.29 is 13.7 Å². The maximum atomic E-state index is 13.0. The summed E-state index contributed by atoms with van der Waals surface area (Å²) in [5.74, 6) is -0.954. The maximum absolute atomic E-state index is 13.0. The Balaban J connectivity index is 2.27. The van der Waals surface area contributed by atoms with E-state index in [-0.39, 0.29) is 16.5 Å². The van der Waals surface area contributed by atoms with Gasteiger partial charge >= 0.3 is 0 Å². The zero-order chi connectivity index (χ0) is 13.3. The van der Waals surface area contributed by atoms with Crippen LogP contribution in [-0.4, -0.2) is 11.1 Å². The van der Waals surface area contributed by atoms with Crippen LogP contribution in [0.25, 0.3) is 0 Å². The van der Waals surface area contributed by atoms with Crippen LogP contribution < -0.4 is 5.32 Å². The molecule has 0 fully saturated rings. The summed E-state index contributed by atoms with van der Waals surface area (Å²) in [4.78, 5) is 11.8. The number of carbonyl (C=O) groups is 1. The van der Waals surface area contributed by atoms with Gasteiger partial charge < -0.3 is 9.84 Å². The van der Waals surface area contributed by atoms with Crippen LogP contribution in [0.4, 0.5) is 10.1 Å². The highest BCUT2D eigenvalue weighted by Crippen LogP contribution is 2.32. The van der Waals surface area contributed by atoms with E-state index in [4.69, 9.17) is 16.1 Å². The number of anilines is 1. The summed E-state index contributed by atoms with van der Waals surface area (Å²) in [6, 6.07) is 3.79. The maximum Gasteiger partial charge on any atom is 0.294 e. The minimum absolute atomic E-state index is 0.0554. The van der Waals surface area contributed by atoms with Gasteiger partial charge in [0.15, 0.2) is 0 Å². The number of halogens is 3. The second kappa shape index (κ2) is 5.07. The molecule has 1 heterocycles. The first-order chi connectivity index (χ1) is 8.47. The minimum Gasteiger partial charge on any atom is -0.351 e. The third kappa shape index (κ3) is 2.70. The average molecular weight is 334 g/mol. The van der Waals surface area contributed by atoms with Crippen molar-refractivity contribution in [2.24, 2.45) is 0 Å². The predicted octanol–water partition coefficient (Wildman–Crippen LogP) is 3.79. The average Bonchev–Trinajstić information content (AvgIpc) is 2.70. The lowest BCUT2D eigenvalue weighted by molar-refractivity contribution is 0.0988. The molecule has 94 valence electrons. The highest BCUT2D eigenvalue weighted by molar-refractivity contribution is 9.10. The van der Waals surface area contributed by atoms with Gasteiger partial charge in [0.1, 0.15) is 5.82 Å². The Morgan fingerprint density at radius 2 is 2.22 bits per heavy atom. The zero-order valence-corrected chi connectivity index (χ0v) is 11.5. The fourth-order valence-electron chi connectivity index (χ4n) is 1.31. The monoisotopic (exact) mass is 332 g/mol. The predicted molar refractivity (Wildman–Crippen MR) is 68.3 cm³/mol. The highest BCUT2D eigenvalue weighted by Gasteiger charge is 2.16. The molecule has 0 aliphatic carbocycles. The third-order valence-corrected chi connectivity index (χ3v) is 3.02. The summed E-state index contributed by atoms with van der Waals surface area (Å²) in [5.41, 5.74) is 0.863. The molecule has 1 aromatic heterocycles. The van der Waals surface area contributed by atoms with Crippen LogP contribution in [0.15, 0.2) is 27.2 Å². The van der Waals surface area contributed by atoms with Crippen LogP contribution in [0.2, 0.25) is 5.02 Å². The molecule has 2 rings (SSSR count). The number of benzene rings is 1. The molecule has 1 aromatic carbocycles. The Morgan fingerprint density at radius 3 is 2.78 bits per heavy atom. The lowest BCUT2D eigenvalue weighted by Crippen LogP contribution is -2.12. The first-order valence-corrected chi connectivity index (χ1v) is 6.03. The van der Waals surface area contributed by atoms with Crippen molar-refractivity contribution in [2.45, 2.75) is 6.92 Å². The lowest BCUT2D eigenvalue weighted by atomic mass is 10.3. The van der Waals surface area contributed by atoms with Crippen LogP contribution in [0.3, 0.4) is 0 Å². The second-order valence-corrected chi connectivity index (χ2v) is 4.79. The number of hydrogen-bond donors (Lipinski definition) is 1. The van der Waals surface area contributed by atoms with E-state index in [1.807, 2.05) is 0 Å². The van der Waals surface area contributed by atoms with Gasteiger partial charge in [-0.15, -0.1) is 0 Å². The SMILES string of the molecule is Cc1cc(C(=O)Nc2c(Cl)cc(F)cc2Br)on1. The van der Waals surface area contributed by atoms with Gasteiger partial charge in [-0.3, -0.25) is 4.79 Å². The number of amides is 1. The fraction of sp³-hybridized carbons (Fsp3) is 0.0909. The molecular formula is C11H7BrClFN2O2. The molecule has 0 saturated heterocycles. The van der Waals surface area contributed by atoms with E-state index in [0.29, 0.717) is 10.2 Å². The number of rotatable bonds is 2. The zero-order valence-electron chi connectivity index (χ0n) is 9.13. The van der Waals surface area contributed by atoms with E-state index in [1.165, 1.54) is 12.1 Å². The normalized spacial score (nSPS) is 10.4. The molecule has 0 bridgehead atoms. The Hall–Kier alpha value is -1.40. The molecule has 0 radical (unpaired) electrons. The Kier molecular flexibility index (Phi) is 3.68. The van der Waals surface area contributed by atoms with Crippen molar-refractivity contribution in [1.29, 1.82) is 0 Å². The molecule has 18 heavy (non-hydrogen) atoms. The Labute approximate surface area is 115 Å². The summed E-state index contributed by atoms with van der Waals surface area (Å²) in [6.45, 7) is 1.70. The molecular weight excluding hydrogens is 326 g/mol. The van der Waals surface area contributed by atoms with E-state index in [0.717, 1.165) is 6.07 Å². The summed E-state index contributed by atoms with van der Waals surface area (Å²) < 4.78 is 18.2. The largest absolute Gasteiger partial charge is 0.351 e. The van der Waals surface area contributed by atoms with E-state index >= 15 is 0 Å². The molecule has 4 nitrogen and oxygen atoms in total. The Bertz CT molecular complexity index is 592. The molecule has 0 spiro atoms. The molecule has 0 saturated carbocycles. The molecule has 0 atom stereocenters. The number of hydrogen-bond acceptors (Lipinski definition) is 3. The first-order valence-electron chi connectivity index (χ1n) is 4.86. The quantitative estimate of drug-likeness (QED) is 0.909. The van der Waals surface area contributed by atoms with Crippen molar-refractivity contribution in [3.05, 3.63) is 45.0 Å². The third-order valence-electron chi connectivity index (χ3n) is 2.10. The van der Waals surface area contributed by atoms with Gasteiger partial charge in [0.2, 0.25) is 5.76 Å². The molecule has 0 aliphatic rings. The molecule has 0 aliphatic heterocycles. The van der Waals surface area contributed by atoms with Crippen molar-refractivity contribution in [2.75, 3.05) is 5.32 Å². The van der Waals surface area contributed by atoms with Gasteiger partial charge in [0, 0.05) is 10.5 Å². The second-order valence-electron chi connectivity index (χ2n) is 3.53. The van der Waals surface area contributed by atoms with Gasteiger partial charge in [0.05, 0.1) is 16.4 Å². The van der Waals surface area contributed by atoms with Crippen LogP contribution >= 0.6 is 27.5 Å². The van der Waals surface area contributed by atoms with Crippen molar-refractivity contribution in [3.63, 3.8) is 0 Å².